The van der Waals surface area contributed by atoms with Crippen LogP contribution < -0.4 is 15.2 Å². The first-order chi connectivity index (χ1) is 10.7. The van der Waals surface area contributed by atoms with Gasteiger partial charge in [-0.2, -0.15) is 5.26 Å². The van der Waals surface area contributed by atoms with Crippen LogP contribution in [0.3, 0.4) is 0 Å². The van der Waals surface area contributed by atoms with Gasteiger partial charge >= 0.3 is 0 Å². The van der Waals surface area contributed by atoms with Crippen molar-refractivity contribution in [3.63, 3.8) is 0 Å². The van der Waals surface area contributed by atoms with Crippen molar-refractivity contribution in [2.24, 2.45) is 5.92 Å². The number of fused-ring (bicyclic) bond motifs is 1. The van der Waals surface area contributed by atoms with E-state index in [9.17, 15) is 5.26 Å². The second kappa shape index (κ2) is 6.66. The highest BCUT2D eigenvalue weighted by Gasteiger charge is 2.31. The fourth-order valence-corrected chi connectivity index (χ4v) is 3.85. The van der Waals surface area contributed by atoms with Crippen LogP contribution in [0.15, 0.2) is 0 Å². The lowest BCUT2D eigenvalue weighted by Crippen LogP contribution is -2.90. The monoisotopic (exact) mass is 300 g/mol. The second-order valence-electron chi connectivity index (χ2n) is 7.05. The fraction of sp³-hybridized carbons (Fsp3) is 0.667. The highest BCUT2D eigenvalue weighted by molar-refractivity contribution is 5.58. The molecule has 4 heteroatoms. The first-order valence-electron chi connectivity index (χ1n) is 8.77. The van der Waals surface area contributed by atoms with E-state index in [0.29, 0.717) is 5.92 Å². The molecule has 1 aromatic rings. The Morgan fingerprint density at radius 2 is 1.86 bits per heavy atom. The molecule has 1 aliphatic heterocycles. The molecule has 0 spiro atoms. The predicted octanol–water partition coefficient (Wildman–Crippen LogP) is 0.833. The number of aromatic nitrogens is 1. The van der Waals surface area contributed by atoms with Crippen LogP contribution in [0, 0.1) is 17.2 Å². The molecule has 4 nitrogen and oxygen atoms in total. The van der Waals surface area contributed by atoms with E-state index in [1.54, 1.807) is 0 Å². The molecule has 3 rings (SSSR count). The molecule has 0 unspecified atom stereocenters. The first-order valence-corrected chi connectivity index (χ1v) is 8.77. The molecule has 22 heavy (non-hydrogen) atoms. The summed E-state index contributed by atoms with van der Waals surface area (Å²) in [6, 6.07) is 2.52. The molecule has 118 valence electrons. The molecule has 1 aromatic heterocycles. The number of nitrogens with two attached hydrogens (primary N) is 1. The van der Waals surface area contributed by atoms with Gasteiger partial charge in [0, 0.05) is 6.42 Å². The lowest BCUT2D eigenvalue weighted by molar-refractivity contribution is -0.656. The fourth-order valence-electron chi connectivity index (χ4n) is 3.85. The van der Waals surface area contributed by atoms with E-state index >= 15 is 0 Å². The quantitative estimate of drug-likeness (QED) is 0.899. The van der Waals surface area contributed by atoms with Crippen molar-refractivity contribution in [3.8, 4) is 6.07 Å². The summed E-state index contributed by atoms with van der Waals surface area (Å²) in [5.41, 5.74) is 5.09. The molecule has 2 aliphatic rings. The van der Waals surface area contributed by atoms with E-state index in [1.807, 2.05) is 0 Å². The standard InChI is InChI=1S/C18H26N4/c1-13(2)11-17-15-6-4-3-5-14(15)16(12-19)18(21-17)22-9-7-20-8-10-22/h13,20H,3-11H2,1-2H3/p+2. The Labute approximate surface area is 133 Å². The van der Waals surface area contributed by atoms with Crippen LogP contribution in [0.2, 0.25) is 0 Å². The van der Waals surface area contributed by atoms with Crippen molar-refractivity contribution in [1.29, 1.82) is 5.26 Å². The molecule has 1 saturated heterocycles. The summed E-state index contributed by atoms with van der Waals surface area (Å²) < 4.78 is 0. The number of pyridine rings is 1. The number of nitrogens with one attached hydrogen (secondary N) is 1. The maximum Gasteiger partial charge on any atom is 0.293 e. The number of nitrogens with zero attached hydrogens (tertiary/aromatic N) is 2. The SMILES string of the molecule is CC(C)Cc1[nH+]c(N2CC[NH2+]CC2)c(C#N)c2c1CCCC2. The van der Waals surface area contributed by atoms with Gasteiger partial charge in [0.05, 0.1) is 0 Å². The maximum atomic E-state index is 9.77. The highest BCUT2D eigenvalue weighted by Crippen LogP contribution is 2.30. The van der Waals surface area contributed by atoms with E-state index in [-0.39, 0.29) is 0 Å². The van der Waals surface area contributed by atoms with E-state index in [2.05, 4.69) is 35.1 Å². The minimum atomic E-state index is 0.637. The predicted molar refractivity (Wildman–Crippen MR) is 86.8 cm³/mol. The first kappa shape index (κ1) is 15.3. The number of aromatic amines is 1. The minimum Gasteiger partial charge on any atom is -0.340 e. The van der Waals surface area contributed by atoms with E-state index in [0.717, 1.165) is 56.8 Å². The Morgan fingerprint density at radius 1 is 1.18 bits per heavy atom. The molecule has 1 fully saturated rings. The smallest absolute Gasteiger partial charge is 0.293 e. The molecule has 0 amide bonds. The molecule has 0 radical (unpaired) electrons. The summed E-state index contributed by atoms with van der Waals surface area (Å²) in [4.78, 5) is 6.07. The normalized spacial score (nSPS) is 18.2. The number of hydrogen-bond donors (Lipinski definition) is 1. The average Bonchev–Trinajstić information content (AvgIpc) is 2.55. The van der Waals surface area contributed by atoms with Crippen molar-refractivity contribution in [3.05, 3.63) is 22.4 Å². The number of nitriles is 1. The van der Waals surface area contributed by atoms with Gasteiger partial charge in [-0.3, -0.25) is 0 Å². The zero-order chi connectivity index (χ0) is 15.5. The Morgan fingerprint density at radius 3 is 2.50 bits per heavy atom. The Balaban J connectivity index is 2.09. The molecule has 0 aromatic carbocycles. The van der Waals surface area contributed by atoms with Gasteiger partial charge in [0.1, 0.15) is 43.5 Å². The van der Waals surface area contributed by atoms with Crippen molar-refractivity contribution in [2.45, 2.75) is 46.0 Å². The topological polar surface area (TPSA) is 57.8 Å². The van der Waals surface area contributed by atoms with Gasteiger partial charge < -0.3 is 5.32 Å². The van der Waals surface area contributed by atoms with Gasteiger partial charge in [-0.1, -0.05) is 13.8 Å². The molecular weight excluding hydrogens is 272 g/mol. The average molecular weight is 300 g/mol. The van der Waals surface area contributed by atoms with Crippen LogP contribution in [0.1, 0.15) is 49.1 Å². The molecule has 2 heterocycles. The zero-order valence-electron chi connectivity index (χ0n) is 13.9. The van der Waals surface area contributed by atoms with Gasteiger partial charge in [-0.25, -0.2) is 9.88 Å². The van der Waals surface area contributed by atoms with Gasteiger partial charge in [0.2, 0.25) is 0 Å². The number of anilines is 1. The minimum absolute atomic E-state index is 0.637. The van der Waals surface area contributed by atoms with Crippen molar-refractivity contribution in [1.82, 2.24) is 0 Å². The van der Waals surface area contributed by atoms with Crippen LogP contribution in [0.25, 0.3) is 0 Å². The molecule has 3 N–H and O–H groups in total. The van der Waals surface area contributed by atoms with Crippen molar-refractivity contribution in [2.75, 3.05) is 31.1 Å². The molecule has 0 saturated carbocycles. The van der Waals surface area contributed by atoms with E-state index < -0.39 is 0 Å². The third kappa shape index (κ3) is 2.96. The van der Waals surface area contributed by atoms with Crippen molar-refractivity contribution >= 4 is 5.82 Å². The van der Waals surface area contributed by atoms with Crippen LogP contribution in [-0.2, 0) is 19.3 Å². The number of rotatable bonds is 3. The van der Waals surface area contributed by atoms with Gasteiger partial charge in [0.25, 0.3) is 5.82 Å². The van der Waals surface area contributed by atoms with Crippen LogP contribution in [-0.4, -0.2) is 26.2 Å². The Kier molecular flexibility index (Phi) is 4.63. The second-order valence-corrected chi connectivity index (χ2v) is 7.05. The highest BCUT2D eigenvalue weighted by atomic mass is 15.2. The molecular formula is C18H28N4+2. The Hall–Kier alpha value is -1.60. The zero-order valence-corrected chi connectivity index (χ0v) is 13.9. The van der Waals surface area contributed by atoms with Gasteiger partial charge in [-0.15, -0.1) is 0 Å². The van der Waals surface area contributed by atoms with Gasteiger partial charge in [0.15, 0.2) is 0 Å². The van der Waals surface area contributed by atoms with Crippen LogP contribution >= 0.6 is 0 Å². The molecule has 0 bridgehead atoms. The molecule has 1 aliphatic carbocycles. The summed E-state index contributed by atoms with van der Waals surface area (Å²) in [6.07, 6.45) is 5.78. The summed E-state index contributed by atoms with van der Waals surface area (Å²) in [7, 11) is 0. The van der Waals surface area contributed by atoms with E-state index in [1.165, 1.54) is 29.7 Å². The van der Waals surface area contributed by atoms with Crippen LogP contribution in [0.4, 0.5) is 5.82 Å². The van der Waals surface area contributed by atoms with Gasteiger partial charge in [-0.05, 0) is 42.7 Å². The summed E-state index contributed by atoms with van der Waals surface area (Å²) in [5, 5.41) is 12.1. The van der Waals surface area contributed by atoms with Crippen LogP contribution in [0.5, 0.6) is 0 Å². The molecule has 0 atom stereocenters. The summed E-state index contributed by atoms with van der Waals surface area (Å²) >= 11 is 0. The maximum absolute atomic E-state index is 9.77. The number of hydrogen-bond acceptors (Lipinski definition) is 2. The summed E-state index contributed by atoms with van der Waals surface area (Å²) in [5.74, 6) is 1.73. The lowest BCUT2D eigenvalue weighted by Gasteiger charge is -2.25. The summed E-state index contributed by atoms with van der Waals surface area (Å²) in [6.45, 7) is 8.86. The van der Waals surface area contributed by atoms with Crippen molar-refractivity contribution < 1.29 is 10.3 Å². The largest absolute Gasteiger partial charge is 0.340 e. The third-order valence-electron chi connectivity index (χ3n) is 4.89. The number of H-pyrrole nitrogens is 1. The lowest BCUT2D eigenvalue weighted by atomic mass is 9.86. The number of piperazine rings is 1. The Bertz CT molecular complexity index is 580. The number of quaternary nitrogens is 1. The third-order valence-corrected chi connectivity index (χ3v) is 4.89. The van der Waals surface area contributed by atoms with E-state index in [4.69, 9.17) is 0 Å².